The summed E-state index contributed by atoms with van der Waals surface area (Å²) in [7, 11) is 1.35. The zero-order valence-electron chi connectivity index (χ0n) is 21.3. The number of esters is 1. The molecule has 4 aromatic rings. The van der Waals surface area contributed by atoms with Crippen molar-refractivity contribution in [1.29, 1.82) is 0 Å². The topological polar surface area (TPSA) is 89.8 Å². The highest BCUT2D eigenvalue weighted by molar-refractivity contribution is 5.97. The first-order chi connectivity index (χ1) is 17.9. The van der Waals surface area contributed by atoms with E-state index >= 15 is 0 Å². The first kappa shape index (κ1) is 26.0. The van der Waals surface area contributed by atoms with Gasteiger partial charge in [-0.2, -0.15) is 0 Å². The number of fused-ring (bicyclic) bond motifs is 1. The molecule has 0 unspecified atom stereocenters. The predicted molar refractivity (Wildman–Crippen MR) is 143 cm³/mol. The zero-order valence-corrected chi connectivity index (χ0v) is 21.3. The maximum Gasteiger partial charge on any atom is 0.322 e. The Hall–Kier alpha value is -4.10. The molecule has 0 saturated carbocycles. The van der Waals surface area contributed by atoms with Gasteiger partial charge in [0, 0.05) is 5.39 Å². The van der Waals surface area contributed by atoms with Crippen LogP contribution < -0.4 is 15.4 Å². The quantitative estimate of drug-likeness (QED) is 0.250. The van der Waals surface area contributed by atoms with Crippen LogP contribution in [0.25, 0.3) is 11.0 Å². The molecule has 0 spiro atoms. The minimum Gasteiger partial charge on any atom is -0.487 e. The summed E-state index contributed by atoms with van der Waals surface area (Å²) in [6.45, 7) is 4.40. The van der Waals surface area contributed by atoms with Crippen molar-refractivity contribution in [1.82, 2.24) is 5.32 Å². The molecule has 0 radical (unpaired) electrons. The lowest BCUT2D eigenvalue weighted by molar-refractivity contribution is -0.144. The molecule has 192 valence electrons. The normalized spacial score (nSPS) is 12.8. The van der Waals surface area contributed by atoms with Crippen LogP contribution in [0.2, 0.25) is 0 Å². The molecule has 37 heavy (non-hydrogen) atoms. The predicted octanol–water partition coefficient (Wildman–Crippen LogP) is 5.87. The van der Waals surface area contributed by atoms with Crippen molar-refractivity contribution in [3.05, 3.63) is 96.3 Å². The molecule has 2 N–H and O–H groups in total. The van der Waals surface area contributed by atoms with E-state index < -0.39 is 18.1 Å². The van der Waals surface area contributed by atoms with Crippen molar-refractivity contribution in [3.63, 3.8) is 0 Å². The number of nitrogens with one attached hydrogen (secondary N) is 2. The molecule has 0 aliphatic carbocycles. The summed E-state index contributed by atoms with van der Waals surface area (Å²) in [5, 5.41) is 7.11. The molecular formula is C30H32N2O5. The van der Waals surface area contributed by atoms with E-state index in [-0.39, 0.29) is 11.8 Å². The monoisotopic (exact) mass is 500 g/mol. The third kappa shape index (κ3) is 6.77. The van der Waals surface area contributed by atoms with Gasteiger partial charge >= 0.3 is 5.97 Å². The van der Waals surface area contributed by atoms with E-state index in [1.807, 2.05) is 86.6 Å². The van der Waals surface area contributed by atoms with Crippen LogP contribution in [0.3, 0.4) is 0 Å². The fourth-order valence-corrected chi connectivity index (χ4v) is 4.17. The molecule has 0 aliphatic heterocycles. The summed E-state index contributed by atoms with van der Waals surface area (Å²) in [6.07, 6.45) is 2.12. The second-order valence-electron chi connectivity index (χ2n) is 9.28. The smallest absolute Gasteiger partial charge is 0.322 e. The number of ether oxygens (including phenoxy) is 2. The van der Waals surface area contributed by atoms with Crippen LogP contribution in [0.1, 0.15) is 37.4 Å². The minimum absolute atomic E-state index is 0.212. The van der Waals surface area contributed by atoms with Gasteiger partial charge in [-0.25, -0.2) is 0 Å². The fraction of sp³-hybridized carbons (Fsp3) is 0.267. The number of hydrogen-bond acceptors (Lipinski definition) is 6. The number of anilines is 1. The maximum atomic E-state index is 13.7. The van der Waals surface area contributed by atoms with Crippen molar-refractivity contribution in [2.24, 2.45) is 5.92 Å². The standard InChI is InChI=1S/C30H32N2O5/c1-20(2)17-25(30(34)35-3)31-28(23-13-14-26-22(18-23)15-16-36-26)29(33)32-24-11-7-8-12-27(24)37-19-21-9-5-4-6-10-21/h4-16,18,20,25,28,31H,17,19H2,1-3H3,(H,32,33)/t25-,28-/m1/s1. The molecular weight excluding hydrogens is 468 g/mol. The van der Waals surface area contributed by atoms with Gasteiger partial charge in [-0.3, -0.25) is 14.9 Å². The third-order valence-corrected chi connectivity index (χ3v) is 6.01. The van der Waals surface area contributed by atoms with Crippen LogP contribution in [0.4, 0.5) is 5.69 Å². The maximum absolute atomic E-state index is 13.7. The highest BCUT2D eigenvalue weighted by Gasteiger charge is 2.29. The Balaban J connectivity index is 1.61. The molecule has 1 amide bonds. The van der Waals surface area contributed by atoms with E-state index in [4.69, 9.17) is 13.9 Å². The van der Waals surface area contributed by atoms with Gasteiger partial charge in [0.15, 0.2) is 0 Å². The van der Waals surface area contributed by atoms with Crippen LogP contribution in [-0.2, 0) is 20.9 Å². The van der Waals surface area contributed by atoms with Crippen molar-refractivity contribution in [3.8, 4) is 5.75 Å². The largest absolute Gasteiger partial charge is 0.487 e. The molecule has 2 atom stereocenters. The number of carbonyl (C=O) groups excluding carboxylic acids is 2. The SMILES string of the molecule is COC(=O)[C@@H](CC(C)C)N[C@@H](C(=O)Nc1ccccc1OCc1ccccc1)c1ccc2occc2c1. The molecule has 0 saturated heterocycles. The van der Waals surface area contributed by atoms with Gasteiger partial charge in [-0.15, -0.1) is 0 Å². The summed E-state index contributed by atoms with van der Waals surface area (Å²) in [5.74, 6) is 0.0259. The second-order valence-corrected chi connectivity index (χ2v) is 9.28. The molecule has 4 rings (SSSR count). The molecule has 0 fully saturated rings. The lowest BCUT2D eigenvalue weighted by Gasteiger charge is -2.25. The highest BCUT2D eigenvalue weighted by Crippen LogP contribution is 2.28. The number of rotatable bonds is 11. The van der Waals surface area contributed by atoms with E-state index in [0.29, 0.717) is 35.6 Å². The first-order valence-corrected chi connectivity index (χ1v) is 12.3. The van der Waals surface area contributed by atoms with E-state index in [0.717, 1.165) is 10.9 Å². The molecule has 0 bridgehead atoms. The number of furan rings is 1. The number of carbonyl (C=O) groups is 2. The van der Waals surface area contributed by atoms with E-state index in [9.17, 15) is 9.59 Å². The third-order valence-electron chi connectivity index (χ3n) is 6.01. The van der Waals surface area contributed by atoms with Crippen molar-refractivity contribution in [2.45, 2.75) is 39.0 Å². The fourth-order valence-electron chi connectivity index (χ4n) is 4.17. The minimum atomic E-state index is -0.829. The number of para-hydroxylation sites is 2. The van der Waals surface area contributed by atoms with Crippen LogP contribution in [0, 0.1) is 5.92 Å². The van der Waals surface area contributed by atoms with Gasteiger partial charge < -0.3 is 19.2 Å². The number of amides is 1. The van der Waals surface area contributed by atoms with Gasteiger partial charge in [-0.1, -0.05) is 62.4 Å². The summed E-state index contributed by atoms with van der Waals surface area (Å²) >= 11 is 0. The van der Waals surface area contributed by atoms with Gasteiger partial charge in [0.25, 0.3) is 0 Å². The number of benzene rings is 3. The Morgan fingerprint density at radius 3 is 2.46 bits per heavy atom. The van der Waals surface area contributed by atoms with E-state index in [2.05, 4.69) is 10.6 Å². The summed E-state index contributed by atoms with van der Waals surface area (Å²) < 4.78 is 16.5. The van der Waals surface area contributed by atoms with Crippen molar-refractivity contribution >= 4 is 28.5 Å². The van der Waals surface area contributed by atoms with Gasteiger partial charge in [0.1, 0.15) is 30.0 Å². The van der Waals surface area contributed by atoms with E-state index in [1.54, 1.807) is 12.3 Å². The van der Waals surface area contributed by atoms with Crippen molar-refractivity contribution < 1.29 is 23.5 Å². The van der Waals surface area contributed by atoms with E-state index in [1.165, 1.54) is 7.11 Å². The average Bonchev–Trinajstić information content (AvgIpc) is 3.38. The lowest BCUT2D eigenvalue weighted by Crippen LogP contribution is -2.45. The summed E-state index contributed by atoms with van der Waals surface area (Å²) in [4.78, 5) is 26.3. The Kier molecular flexibility index (Phi) is 8.59. The Morgan fingerprint density at radius 2 is 1.70 bits per heavy atom. The molecule has 1 heterocycles. The molecule has 3 aromatic carbocycles. The van der Waals surface area contributed by atoms with Crippen LogP contribution >= 0.6 is 0 Å². The number of methoxy groups -OCH3 is 1. The first-order valence-electron chi connectivity index (χ1n) is 12.3. The molecule has 7 heteroatoms. The lowest BCUT2D eigenvalue weighted by atomic mass is 9.99. The summed E-state index contributed by atoms with van der Waals surface area (Å²) in [5.41, 5.74) is 2.98. The van der Waals surface area contributed by atoms with Crippen LogP contribution in [0.15, 0.2) is 89.5 Å². The Morgan fingerprint density at radius 1 is 0.946 bits per heavy atom. The van der Waals surface area contributed by atoms with Gasteiger partial charge in [0.05, 0.1) is 19.1 Å². The molecule has 1 aromatic heterocycles. The number of hydrogen-bond donors (Lipinski definition) is 2. The van der Waals surface area contributed by atoms with Crippen LogP contribution in [0.5, 0.6) is 5.75 Å². The molecule has 7 nitrogen and oxygen atoms in total. The zero-order chi connectivity index (χ0) is 26.2. The van der Waals surface area contributed by atoms with Crippen LogP contribution in [-0.4, -0.2) is 25.0 Å². The second kappa shape index (κ2) is 12.2. The molecule has 0 aliphatic rings. The Labute approximate surface area is 216 Å². The van der Waals surface area contributed by atoms with Gasteiger partial charge in [-0.05, 0) is 53.8 Å². The Bertz CT molecular complexity index is 1330. The average molecular weight is 501 g/mol. The van der Waals surface area contributed by atoms with Crippen molar-refractivity contribution in [2.75, 3.05) is 12.4 Å². The van der Waals surface area contributed by atoms with Gasteiger partial charge in [0.2, 0.25) is 5.91 Å². The highest BCUT2D eigenvalue weighted by atomic mass is 16.5. The summed E-state index contributed by atoms with van der Waals surface area (Å²) in [6, 6.07) is 23.0.